The van der Waals surface area contributed by atoms with Gasteiger partial charge < -0.3 is 4.84 Å². The van der Waals surface area contributed by atoms with Crippen molar-refractivity contribution in [2.75, 3.05) is 0 Å². The quantitative estimate of drug-likeness (QED) is 0.436. The zero-order chi connectivity index (χ0) is 7.40. The van der Waals surface area contributed by atoms with Crippen molar-refractivity contribution in [1.29, 1.82) is 0 Å². The summed E-state index contributed by atoms with van der Waals surface area (Å²) in [7, 11) is 0. The van der Waals surface area contributed by atoms with Gasteiger partial charge in [0.25, 0.3) is 0 Å². The van der Waals surface area contributed by atoms with Gasteiger partial charge in [-0.15, -0.1) is 0 Å². The molecule has 0 radical (unpaired) electrons. The second kappa shape index (κ2) is 3.59. The standard InChI is InChI=1S/C8H15NO/c1-7(2)10-9-6-8-4-3-5-8/h6-8H,3-5H2,1-2H3. The summed E-state index contributed by atoms with van der Waals surface area (Å²) in [6, 6.07) is 0. The van der Waals surface area contributed by atoms with Crippen LogP contribution in [0.3, 0.4) is 0 Å². The highest BCUT2D eigenvalue weighted by molar-refractivity contribution is 5.60. The first-order chi connectivity index (χ1) is 4.79. The molecule has 0 atom stereocenters. The van der Waals surface area contributed by atoms with E-state index in [4.69, 9.17) is 4.84 Å². The summed E-state index contributed by atoms with van der Waals surface area (Å²) in [5.41, 5.74) is 0. The van der Waals surface area contributed by atoms with E-state index in [-0.39, 0.29) is 6.10 Å². The van der Waals surface area contributed by atoms with E-state index in [1.165, 1.54) is 19.3 Å². The third-order valence-corrected chi connectivity index (χ3v) is 1.69. The van der Waals surface area contributed by atoms with Crippen LogP contribution in [0, 0.1) is 5.92 Å². The fraction of sp³-hybridized carbons (Fsp3) is 0.875. The third-order valence-electron chi connectivity index (χ3n) is 1.69. The van der Waals surface area contributed by atoms with E-state index in [1.54, 1.807) is 0 Å². The maximum absolute atomic E-state index is 5.02. The Morgan fingerprint density at radius 3 is 2.60 bits per heavy atom. The van der Waals surface area contributed by atoms with Crippen LogP contribution in [0.15, 0.2) is 5.16 Å². The van der Waals surface area contributed by atoms with Crippen LogP contribution in [-0.2, 0) is 4.84 Å². The molecule has 2 heteroatoms. The van der Waals surface area contributed by atoms with Gasteiger partial charge in [-0.3, -0.25) is 0 Å². The van der Waals surface area contributed by atoms with Crippen LogP contribution in [0.5, 0.6) is 0 Å². The van der Waals surface area contributed by atoms with Gasteiger partial charge in [0, 0.05) is 6.21 Å². The molecule has 0 aromatic rings. The fourth-order valence-electron chi connectivity index (χ4n) is 0.832. The van der Waals surface area contributed by atoms with E-state index in [0.717, 1.165) is 0 Å². The fourth-order valence-corrected chi connectivity index (χ4v) is 0.832. The first-order valence-corrected chi connectivity index (χ1v) is 3.98. The van der Waals surface area contributed by atoms with Crippen molar-refractivity contribution in [2.24, 2.45) is 11.1 Å². The van der Waals surface area contributed by atoms with Gasteiger partial charge in [0.05, 0.1) is 0 Å². The summed E-state index contributed by atoms with van der Waals surface area (Å²) < 4.78 is 0. The molecule has 0 spiro atoms. The molecular weight excluding hydrogens is 126 g/mol. The van der Waals surface area contributed by atoms with E-state index < -0.39 is 0 Å². The minimum atomic E-state index is 0.219. The Morgan fingerprint density at radius 2 is 2.20 bits per heavy atom. The average Bonchev–Trinajstić information content (AvgIpc) is 1.75. The zero-order valence-corrected chi connectivity index (χ0v) is 6.71. The lowest BCUT2D eigenvalue weighted by Crippen LogP contribution is -2.12. The Balaban J connectivity index is 2.04. The molecule has 0 aromatic heterocycles. The molecule has 0 unspecified atom stereocenters. The van der Waals surface area contributed by atoms with E-state index in [0.29, 0.717) is 5.92 Å². The molecule has 1 saturated carbocycles. The normalized spacial score (nSPS) is 19.9. The lowest BCUT2D eigenvalue weighted by molar-refractivity contribution is 0.0854. The van der Waals surface area contributed by atoms with Crippen molar-refractivity contribution in [3.63, 3.8) is 0 Å². The second-order valence-electron chi connectivity index (χ2n) is 3.10. The molecule has 0 N–H and O–H groups in total. The number of rotatable bonds is 3. The van der Waals surface area contributed by atoms with Gasteiger partial charge in [-0.1, -0.05) is 11.6 Å². The number of nitrogens with zero attached hydrogens (tertiary/aromatic N) is 1. The minimum Gasteiger partial charge on any atom is -0.393 e. The first-order valence-electron chi connectivity index (χ1n) is 3.98. The monoisotopic (exact) mass is 141 g/mol. The summed E-state index contributed by atoms with van der Waals surface area (Å²) >= 11 is 0. The molecule has 58 valence electrons. The Bertz CT molecular complexity index is 116. The molecule has 2 nitrogen and oxygen atoms in total. The Hall–Kier alpha value is -0.530. The van der Waals surface area contributed by atoms with Crippen LogP contribution in [-0.4, -0.2) is 12.3 Å². The average molecular weight is 141 g/mol. The summed E-state index contributed by atoms with van der Waals surface area (Å²) in [6.07, 6.45) is 6.11. The van der Waals surface area contributed by atoms with Gasteiger partial charge in [0.1, 0.15) is 6.10 Å². The van der Waals surface area contributed by atoms with Gasteiger partial charge in [0.15, 0.2) is 0 Å². The molecule has 0 bridgehead atoms. The minimum absolute atomic E-state index is 0.219. The van der Waals surface area contributed by atoms with Crippen LogP contribution in [0.2, 0.25) is 0 Å². The zero-order valence-electron chi connectivity index (χ0n) is 6.71. The molecule has 10 heavy (non-hydrogen) atoms. The van der Waals surface area contributed by atoms with Crippen LogP contribution in [0.4, 0.5) is 0 Å². The SMILES string of the molecule is CC(C)ON=CC1CCC1. The van der Waals surface area contributed by atoms with Gasteiger partial charge in [-0.05, 0) is 32.6 Å². The molecule has 1 aliphatic rings. The molecule has 1 fully saturated rings. The molecule has 0 aromatic carbocycles. The highest BCUT2D eigenvalue weighted by atomic mass is 16.6. The number of hydrogen-bond donors (Lipinski definition) is 0. The van der Waals surface area contributed by atoms with E-state index in [1.807, 2.05) is 20.1 Å². The Labute approximate surface area is 62.3 Å². The number of hydrogen-bond acceptors (Lipinski definition) is 2. The predicted molar refractivity (Wildman–Crippen MR) is 42.1 cm³/mol. The van der Waals surface area contributed by atoms with Crippen molar-refractivity contribution in [3.8, 4) is 0 Å². The number of oxime groups is 1. The topological polar surface area (TPSA) is 21.6 Å². The maximum atomic E-state index is 5.02. The van der Waals surface area contributed by atoms with Crippen LogP contribution >= 0.6 is 0 Å². The molecule has 0 heterocycles. The molecule has 1 aliphatic carbocycles. The predicted octanol–water partition coefficient (Wildman–Crippen LogP) is 2.20. The maximum Gasteiger partial charge on any atom is 0.121 e. The summed E-state index contributed by atoms with van der Waals surface area (Å²) in [4.78, 5) is 5.02. The van der Waals surface area contributed by atoms with Gasteiger partial charge in [0.2, 0.25) is 0 Å². The molecule has 0 aliphatic heterocycles. The van der Waals surface area contributed by atoms with Crippen molar-refractivity contribution in [1.82, 2.24) is 0 Å². The Kier molecular flexibility index (Phi) is 2.72. The highest BCUT2D eigenvalue weighted by Crippen LogP contribution is 2.24. The summed E-state index contributed by atoms with van der Waals surface area (Å²) in [6.45, 7) is 3.97. The van der Waals surface area contributed by atoms with Gasteiger partial charge >= 0.3 is 0 Å². The smallest absolute Gasteiger partial charge is 0.121 e. The summed E-state index contributed by atoms with van der Waals surface area (Å²) in [5, 5.41) is 3.87. The second-order valence-corrected chi connectivity index (χ2v) is 3.10. The van der Waals surface area contributed by atoms with Crippen molar-refractivity contribution >= 4 is 6.21 Å². The van der Waals surface area contributed by atoms with Crippen LogP contribution in [0.1, 0.15) is 33.1 Å². The lowest BCUT2D eigenvalue weighted by Gasteiger charge is -2.19. The van der Waals surface area contributed by atoms with Crippen molar-refractivity contribution < 1.29 is 4.84 Å². The van der Waals surface area contributed by atoms with Crippen molar-refractivity contribution in [3.05, 3.63) is 0 Å². The van der Waals surface area contributed by atoms with Crippen LogP contribution in [0.25, 0.3) is 0 Å². The van der Waals surface area contributed by atoms with E-state index in [9.17, 15) is 0 Å². The molecule has 0 saturated heterocycles. The highest BCUT2D eigenvalue weighted by Gasteiger charge is 2.14. The van der Waals surface area contributed by atoms with Crippen LogP contribution < -0.4 is 0 Å². The van der Waals surface area contributed by atoms with Gasteiger partial charge in [-0.25, -0.2) is 0 Å². The van der Waals surface area contributed by atoms with E-state index in [2.05, 4.69) is 5.16 Å². The summed E-state index contributed by atoms with van der Waals surface area (Å²) in [5.74, 6) is 0.707. The molecular formula is C8H15NO. The molecule has 0 amide bonds. The third kappa shape index (κ3) is 2.38. The van der Waals surface area contributed by atoms with E-state index >= 15 is 0 Å². The lowest BCUT2D eigenvalue weighted by atomic mass is 9.87. The van der Waals surface area contributed by atoms with Crippen molar-refractivity contribution in [2.45, 2.75) is 39.2 Å². The Morgan fingerprint density at radius 1 is 1.50 bits per heavy atom. The largest absolute Gasteiger partial charge is 0.393 e. The molecule has 1 rings (SSSR count). The first kappa shape index (κ1) is 7.58. The van der Waals surface area contributed by atoms with Gasteiger partial charge in [-0.2, -0.15) is 0 Å².